The van der Waals surface area contributed by atoms with Gasteiger partial charge in [0.25, 0.3) is 5.91 Å². The predicted octanol–water partition coefficient (Wildman–Crippen LogP) is 4.51. The number of hydrogen-bond donors (Lipinski definition) is 0. The van der Waals surface area contributed by atoms with E-state index in [0.29, 0.717) is 57.7 Å². The van der Waals surface area contributed by atoms with Gasteiger partial charge in [0.2, 0.25) is 0 Å². The van der Waals surface area contributed by atoms with Crippen LogP contribution in [0.5, 0.6) is 5.75 Å². The molecule has 0 saturated carbocycles. The Balaban J connectivity index is 1.52. The Bertz CT molecular complexity index is 1710. The first-order chi connectivity index (χ1) is 18.7. The first kappa shape index (κ1) is 24.6. The van der Waals surface area contributed by atoms with E-state index in [2.05, 4.69) is 20.1 Å². The summed E-state index contributed by atoms with van der Waals surface area (Å²) in [7, 11) is 2.99. The predicted molar refractivity (Wildman–Crippen MR) is 136 cm³/mol. The molecule has 0 fully saturated rings. The Labute approximate surface area is 220 Å². The highest BCUT2D eigenvalue weighted by Crippen LogP contribution is 2.40. The summed E-state index contributed by atoms with van der Waals surface area (Å²) in [5, 5.41) is 4.33. The molecule has 0 spiro atoms. The molecule has 1 aliphatic rings. The molecule has 0 unspecified atom stereocenters. The van der Waals surface area contributed by atoms with Crippen molar-refractivity contribution in [2.45, 2.75) is 19.1 Å². The minimum atomic E-state index is -4.66. The molecule has 0 N–H and O–H groups in total. The van der Waals surface area contributed by atoms with Gasteiger partial charge in [0.05, 0.1) is 19.0 Å². The summed E-state index contributed by atoms with van der Waals surface area (Å²) in [6.45, 7) is 0.549. The molecule has 0 saturated heterocycles. The number of halogens is 3. The molecule has 0 atom stereocenters. The summed E-state index contributed by atoms with van der Waals surface area (Å²) in [6.07, 6.45) is 3.37. The zero-order valence-electron chi connectivity index (χ0n) is 21.0. The SMILES string of the molecule is COc1ccc2ncnc(N3CCc4c(cc(Cn5ccnc5)cc4-c4cn(C)nc4C(F)(F)F)C3=O)c2c1. The Hall–Kier alpha value is -4.74. The number of aromatic nitrogens is 6. The highest BCUT2D eigenvalue weighted by molar-refractivity contribution is 6.12. The largest absolute Gasteiger partial charge is 0.497 e. The van der Waals surface area contributed by atoms with Gasteiger partial charge in [-0.05, 0) is 53.4 Å². The summed E-state index contributed by atoms with van der Waals surface area (Å²) in [5.41, 5.74) is 1.44. The van der Waals surface area contributed by atoms with Crippen molar-refractivity contribution in [2.24, 2.45) is 7.05 Å². The Kier molecular flexibility index (Phi) is 5.82. The molecule has 5 aromatic rings. The smallest absolute Gasteiger partial charge is 0.435 e. The van der Waals surface area contributed by atoms with Gasteiger partial charge in [-0.1, -0.05) is 0 Å². The highest BCUT2D eigenvalue weighted by atomic mass is 19.4. The molecule has 2 aromatic carbocycles. The summed E-state index contributed by atoms with van der Waals surface area (Å²) >= 11 is 0. The van der Waals surface area contributed by atoms with Gasteiger partial charge < -0.3 is 9.30 Å². The van der Waals surface area contributed by atoms with E-state index in [1.165, 1.54) is 19.6 Å². The molecule has 4 heterocycles. The third kappa shape index (κ3) is 4.37. The number of carbonyl (C=O) groups excluding carboxylic acids is 1. The van der Waals surface area contributed by atoms with Crippen molar-refractivity contribution in [1.82, 2.24) is 29.3 Å². The first-order valence-electron chi connectivity index (χ1n) is 12.1. The molecule has 39 heavy (non-hydrogen) atoms. The zero-order valence-corrected chi connectivity index (χ0v) is 21.0. The Morgan fingerprint density at radius 1 is 1.08 bits per heavy atom. The summed E-state index contributed by atoms with van der Waals surface area (Å²) < 4.78 is 50.2. The average molecular weight is 534 g/mol. The maximum atomic E-state index is 14.0. The molecule has 198 valence electrons. The normalized spacial score (nSPS) is 13.7. The van der Waals surface area contributed by atoms with Crippen LogP contribution in [0.15, 0.2) is 61.6 Å². The lowest BCUT2D eigenvalue weighted by Gasteiger charge is -2.30. The van der Waals surface area contributed by atoms with Gasteiger partial charge in [-0.2, -0.15) is 18.3 Å². The van der Waals surface area contributed by atoms with E-state index in [-0.39, 0.29) is 18.0 Å². The molecular weight excluding hydrogens is 511 g/mol. The summed E-state index contributed by atoms with van der Waals surface area (Å²) in [5.74, 6) is 0.642. The average Bonchev–Trinajstić information content (AvgIpc) is 3.58. The molecule has 0 aliphatic carbocycles. The summed E-state index contributed by atoms with van der Waals surface area (Å²) in [4.78, 5) is 28.3. The lowest BCUT2D eigenvalue weighted by Crippen LogP contribution is -2.38. The maximum Gasteiger partial charge on any atom is 0.435 e. The molecule has 6 rings (SSSR count). The van der Waals surface area contributed by atoms with Crippen molar-refractivity contribution in [1.29, 1.82) is 0 Å². The second kappa shape index (κ2) is 9.22. The van der Waals surface area contributed by atoms with Crippen LogP contribution in [-0.2, 0) is 26.2 Å². The van der Waals surface area contributed by atoms with Gasteiger partial charge in [0, 0.05) is 55.2 Å². The van der Waals surface area contributed by atoms with E-state index >= 15 is 0 Å². The van der Waals surface area contributed by atoms with Crippen LogP contribution in [0.25, 0.3) is 22.0 Å². The maximum absolute atomic E-state index is 14.0. The van der Waals surface area contributed by atoms with Crippen LogP contribution in [0.2, 0.25) is 0 Å². The van der Waals surface area contributed by atoms with E-state index in [9.17, 15) is 18.0 Å². The van der Waals surface area contributed by atoms with E-state index in [1.807, 2.05) is 0 Å². The van der Waals surface area contributed by atoms with Crippen LogP contribution < -0.4 is 9.64 Å². The number of rotatable bonds is 5. The molecule has 9 nitrogen and oxygen atoms in total. The first-order valence-corrected chi connectivity index (χ1v) is 12.1. The zero-order chi connectivity index (χ0) is 27.3. The van der Waals surface area contributed by atoms with Crippen LogP contribution >= 0.6 is 0 Å². The van der Waals surface area contributed by atoms with Gasteiger partial charge >= 0.3 is 6.18 Å². The van der Waals surface area contributed by atoms with Crippen molar-refractivity contribution >= 4 is 22.6 Å². The second-order valence-corrected chi connectivity index (χ2v) is 9.25. The van der Waals surface area contributed by atoms with Gasteiger partial charge in [-0.3, -0.25) is 14.4 Å². The second-order valence-electron chi connectivity index (χ2n) is 9.25. The van der Waals surface area contributed by atoms with Crippen molar-refractivity contribution in [3.63, 3.8) is 0 Å². The number of imidazole rings is 1. The minimum absolute atomic E-state index is 0.0628. The molecule has 0 bridgehead atoms. The number of carbonyl (C=O) groups is 1. The molecule has 1 aliphatic heterocycles. The number of nitrogens with zero attached hydrogens (tertiary/aromatic N) is 7. The van der Waals surface area contributed by atoms with Crippen LogP contribution in [0, 0.1) is 0 Å². The number of benzene rings is 2. The monoisotopic (exact) mass is 533 g/mol. The topological polar surface area (TPSA) is 91.0 Å². The van der Waals surface area contributed by atoms with Gasteiger partial charge in [0.15, 0.2) is 5.69 Å². The fraction of sp³-hybridized carbons (Fsp3) is 0.222. The number of aryl methyl sites for hydroxylation is 1. The van der Waals surface area contributed by atoms with E-state index < -0.39 is 11.9 Å². The molecule has 3 aromatic heterocycles. The molecular formula is C27H22F3N7O2. The number of alkyl halides is 3. The number of amides is 1. The van der Waals surface area contributed by atoms with Gasteiger partial charge in [0.1, 0.15) is 17.9 Å². The molecule has 12 heteroatoms. The third-order valence-electron chi connectivity index (χ3n) is 6.76. The van der Waals surface area contributed by atoms with Crippen LogP contribution in [0.1, 0.15) is 27.2 Å². The van der Waals surface area contributed by atoms with Crippen molar-refractivity contribution in [2.75, 3.05) is 18.6 Å². The van der Waals surface area contributed by atoms with Gasteiger partial charge in [-0.25, -0.2) is 15.0 Å². The van der Waals surface area contributed by atoms with E-state index in [1.54, 1.807) is 65.6 Å². The lowest BCUT2D eigenvalue weighted by molar-refractivity contribution is -0.140. The number of anilines is 1. The van der Waals surface area contributed by atoms with Crippen molar-refractivity contribution < 1.29 is 22.7 Å². The Morgan fingerprint density at radius 2 is 1.90 bits per heavy atom. The van der Waals surface area contributed by atoms with Gasteiger partial charge in [-0.15, -0.1) is 0 Å². The number of fused-ring (bicyclic) bond motifs is 2. The van der Waals surface area contributed by atoms with Crippen LogP contribution in [0.3, 0.4) is 0 Å². The standard InChI is InChI=1S/C27H22F3N7O2/c1-35-13-22(24(34-35)27(28,29)30)19-9-16(12-36-8-6-31-15-36)10-20-18(19)5-7-37(26(20)38)25-21-11-17(39-2)3-4-23(21)32-14-33-25/h3-4,6,8-11,13-15H,5,7,12H2,1-2H3. The molecule has 1 amide bonds. The fourth-order valence-corrected chi connectivity index (χ4v) is 5.05. The van der Waals surface area contributed by atoms with E-state index in [0.717, 1.165) is 4.68 Å². The third-order valence-corrected chi connectivity index (χ3v) is 6.76. The van der Waals surface area contributed by atoms with E-state index in [4.69, 9.17) is 4.74 Å². The molecule has 0 radical (unpaired) electrons. The highest BCUT2D eigenvalue weighted by Gasteiger charge is 2.39. The number of methoxy groups -OCH3 is 1. The van der Waals surface area contributed by atoms with Crippen LogP contribution in [0.4, 0.5) is 19.0 Å². The Morgan fingerprint density at radius 3 is 2.64 bits per heavy atom. The number of hydrogen-bond acceptors (Lipinski definition) is 6. The quantitative estimate of drug-likeness (QED) is 0.330. The van der Waals surface area contributed by atoms with Crippen molar-refractivity contribution in [3.8, 4) is 16.9 Å². The van der Waals surface area contributed by atoms with Crippen LogP contribution in [-0.4, -0.2) is 48.9 Å². The van der Waals surface area contributed by atoms with Crippen molar-refractivity contribution in [3.05, 3.63) is 84.0 Å². The summed E-state index contributed by atoms with van der Waals surface area (Å²) in [6, 6.07) is 8.76. The lowest BCUT2D eigenvalue weighted by atomic mass is 9.88. The number of ether oxygens (including phenoxy) is 1. The fourth-order valence-electron chi connectivity index (χ4n) is 5.05. The minimum Gasteiger partial charge on any atom is -0.497 e.